The van der Waals surface area contributed by atoms with Crippen LogP contribution in [0.1, 0.15) is 36.0 Å². The van der Waals surface area contributed by atoms with Crippen molar-refractivity contribution in [2.45, 2.75) is 50.6 Å². The second-order valence-corrected chi connectivity index (χ2v) is 12.1. The molecular weight excluding hydrogens is 504 g/mol. The van der Waals surface area contributed by atoms with E-state index in [4.69, 9.17) is 15.2 Å². The molecule has 38 heavy (non-hydrogen) atoms. The monoisotopic (exact) mass is 544 g/mol. The SMILES string of the molecule is COc1cc(C)c(S(=O)(=O)N2CCCCC2COCC(=O)N2CCN(Cc3cccc(N)c3)CC2)c(C)c1. The maximum absolute atomic E-state index is 13.7. The van der Waals surface area contributed by atoms with Crippen molar-refractivity contribution in [2.75, 3.05) is 58.8 Å². The van der Waals surface area contributed by atoms with Crippen LogP contribution in [0, 0.1) is 13.8 Å². The number of amides is 1. The number of piperidine rings is 1. The van der Waals surface area contributed by atoms with Gasteiger partial charge in [-0.3, -0.25) is 9.69 Å². The van der Waals surface area contributed by atoms with Gasteiger partial charge in [-0.25, -0.2) is 8.42 Å². The summed E-state index contributed by atoms with van der Waals surface area (Å²) in [5.74, 6) is 0.585. The Morgan fingerprint density at radius 2 is 1.74 bits per heavy atom. The number of rotatable bonds is 9. The van der Waals surface area contributed by atoms with Crippen LogP contribution in [0.25, 0.3) is 0 Å². The van der Waals surface area contributed by atoms with E-state index in [0.29, 0.717) is 47.8 Å². The molecule has 2 fully saturated rings. The van der Waals surface area contributed by atoms with Gasteiger partial charge < -0.3 is 20.1 Å². The minimum absolute atomic E-state index is 0.0415. The second kappa shape index (κ2) is 12.5. The number of nitrogen functional groups attached to an aromatic ring is 1. The molecule has 0 radical (unpaired) electrons. The number of nitrogens with zero attached hydrogens (tertiary/aromatic N) is 3. The molecule has 208 valence electrons. The number of aryl methyl sites for hydroxylation is 2. The number of hydrogen-bond acceptors (Lipinski definition) is 7. The molecule has 1 atom stereocenters. The molecule has 2 aliphatic heterocycles. The van der Waals surface area contributed by atoms with Gasteiger partial charge in [-0.1, -0.05) is 18.6 Å². The molecule has 10 heteroatoms. The fourth-order valence-corrected chi connectivity index (χ4v) is 7.58. The molecule has 0 aromatic heterocycles. The van der Waals surface area contributed by atoms with Crippen LogP contribution in [0.2, 0.25) is 0 Å². The summed E-state index contributed by atoms with van der Waals surface area (Å²) in [4.78, 5) is 17.3. The zero-order valence-electron chi connectivity index (χ0n) is 22.7. The van der Waals surface area contributed by atoms with E-state index in [-0.39, 0.29) is 25.2 Å². The lowest BCUT2D eigenvalue weighted by Crippen LogP contribution is -2.50. The predicted molar refractivity (Wildman–Crippen MR) is 148 cm³/mol. The van der Waals surface area contributed by atoms with Crippen LogP contribution in [0.3, 0.4) is 0 Å². The molecule has 2 aromatic rings. The number of anilines is 1. The number of piperazine rings is 1. The minimum Gasteiger partial charge on any atom is -0.497 e. The van der Waals surface area contributed by atoms with Crippen LogP contribution in [0.15, 0.2) is 41.3 Å². The van der Waals surface area contributed by atoms with Gasteiger partial charge in [-0.2, -0.15) is 4.31 Å². The van der Waals surface area contributed by atoms with Crippen molar-refractivity contribution in [3.8, 4) is 5.75 Å². The maximum atomic E-state index is 13.7. The van der Waals surface area contributed by atoms with Gasteiger partial charge >= 0.3 is 0 Å². The highest BCUT2D eigenvalue weighted by Gasteiger charge is 2.36. The average molecular weight is 545 g/mol. The van der Waals surface area contributed by atoms with E-state index in [1.807, 2.05) is 23.1 Å². The fourth-order valence-electron chi connectivity index (χ4n) is 5.49. The van der Waals surface area contributed by atoms with Gasteiger partial charge in [-0.05, 0) is 67.6 Å². The third kappa shape index (κ3) is 6.66. The first-order valence-electron chi connectivity index (χ1n) is 13.3. The first-order valence-corrected chi connectivity index (χ1v) is 14.7. The van der Waals surface area contributed by atoms with Crippen LogP contribution in [0.4, 0.5) is 5.69 Å². The number of carbonyl (C=O) groups excluding carboxylic acids is 1. The van der Waals surface area contributed by atoms with E-state index in [1.54, 1.807) is 37.4 Å². The Balaban J connectivity index is 1.30. The highest BCUT2D eigenvalue weighted by molar-refractivity contribution is 7.89. The molecule has 2 heterocycles. The number of methoxy groups -OCH3 is 1. The van der Waals surface area contributed by atoms with E-state index >= 15 is 0 Å². The Bertz CT molecular complexity index is 1200. The normalized spacial score (nSPS) is 19.4. The summed E-state index contributed by atoms with van der Waals surface area (Å²) in [7, 11) is -2.14. The highest BCUT2D eigenvalue weighted by atomic mass is 32.2. The predicted octanol–water partition coefficient (Wildman–Crippen LogP) is 2.80. The molecule has 1 amide bonds. The van der Waals surface area contributed by atoms with E-state index < -0.39 is 10.0 Å². The Morgan fingerprint density at radius 3 is 2.39 bits per heavy atom. The largest absolute Gasteiger partial charge is 0.497 e. The summed E-state index contributed by atoms with van der Waals surface area (Å²) in [5.41, 5.74) is 9.14. The summed E-state index contributed by atoms with van der Waals surface area (Å²) < 4.78 is 40.1. The fraction of sp³-hybridized carbons (Fsp3) is 0.536. The minimum atomic E-state index is -3.71. The molecule has 0 aliphatic carbocycles. The van der Waals surface area contributed by atoms with Gasteiger partial charge in [0.2, 0.25) is 15.9 Å². The van der Waals surface area contributed by atoms with Crippen molar-refractivity contribution < 1.29 is 22.7 Å². The Labute approximate surface area is 226 Å². The van der Waals surface area contributed by atoms with Crippen LogP contribution in [-0.2, 0) is 26.1 Å². The van der Waals surface area contributed by atoms with Gasteiger partial charge in [0.1, 0.15) is 12.4 Å². The van der Waals surface area contributed by atoms with Gasteiger partial charge in [0, 0.05) is 51.0 Å². The van der Waals surface area contributed by atoms with E-state index in [0.717, 1.165) is 38.2 Å². The zero-order valence-corrected chi connectivity index (χ0v) is 23.5. The number of benzene rings is 2. The molecule has 0 bridgehead atoms. The lowest BCUT2D eigenvalue weighted by Gasteiger charge is -2.36. The molecule has 4 rings (SSSR count). The van der Waals surface area contributed by atoms with Gasteiger partial charge in [0.05, 0.1) is 18.6 Å². The van der Waals surface area contributed by atoms with Crippen LogP contribution in [-0.4, -0.2) is 87.5 Å². The van der Waals surface area contributed by atoms with Crippen molar-refractivity contribution in [1.82, 2.24) is 14.1 Å². The topological polar surface area (TPSA) is 105 Å². The summed E-state index contributed by atoms with van der Waals surface area (Å²) in [5, 5.41) is 0. The molecule has 2 aromatic carbocycles. The zero-order chi connectivity index (χ0) is 27.3. The number of hydrogen-bond donors (Lipinski definition) is 1. The second-order valence-electron chi connectivity index (χ2n) is 10.3. The summed E-state index contributed by atoms with van der Waals surface area (Å²) in [6.45, 7) is 7.87. The van der Waals surface area contributed by atoms with E-state index in [9.17, 15) is 13.2 Å². The van der Waals surface area contributed by atoms with Gasteiger partial charge in [0.25, 0.3) is 0 Å². The van der Waals surface area contributed by atoms with E-state index in [2.05, 4.69) is 11.0 Å². The maximum Gasteiger partial charge on any atom is 0.248 e. The Morgan fingerprint density at radius 1 is 1.03 bits per heavy atom. The van der Waals surface area contributed by atoms with Gasteiger partial charge in [0.15, 0.2) is 0 Å². The molecule has 2 saturated heterocycles. The smallest absolute Gasteiger partial charge is 0.248 e. The van der Waals surface area contributed by atoms with Crippen molar-refractivity contribution in [3.63, 3.8) is 0 Å². The molecule has 9 nitrogen and oxygen atoms in total. The number of sulfonamides is 1. The van der Waals surface area contributed by atoms with Crippen LogP contribution < -0.4 is 10.5 Å². The van der Waals surface area contributed by atoms with Crippen LogP contribution in [0.5, 0.6) is 5.75 Å². The lowest BCUT2D eigenvalue weighted by atomic mass is 10.1. The molecule has 1 unspecified atom stereocenters. The third-order valence-corrected chi connectivity index (χ3v) is 9.69. The van der Waals surface area contributed by atoms with Crippen molar-refractivity contribution in [1.29, 1.82) is 0 Å². The molecule has 2 N–H and O–H groups in total. The standard InChI is InChI=1S/C28H40N4O5S/c1-21-15-26(36-3)16-22(2)28(21)38(34,35)32-10-5-4-9-25(32)19-37-20-27(33)31-13-11-30(12-14-31)18-23-7-6-8-24(29)17-23/h6-8,15-17,25H,4-5,9-14,18-20,29H2,1-3H3. The van der Waals surface area contributed by atoms with Crippen LogP contribution >= 0.6 is 0 Å². The number of ether oxygens (including phenoxy) is 2. The van der Waals surface area contributed by atoms with Gasteiger partial charge in [-0.15, -0.1) is 0 Å². The number of nitrogens with two attached hydrogens (primary N) is 1. The molecular formula is C28H40N4O5S. The number of carbonyl (C=O) groups is 1. The van der Waals surface area contributed by atoms with Crippen molar-refractivity contribution in [2.24, 2.45) is 0 Å². The first kappa shape index (κ1) is 28.4. The molecule has 2 aliphatic rings. The summed E-state index contributed by atoms with van der Waals surface area (Å²) >= 11 is 0. The highest BCUT2D eigenvalue weighted by Crippen LogP contribution is 2.32. The molecule has 0 saturated carbocycles. The summed E-state index contributed by atoms with van der Waals surface area (Å²) in [6.07, 6.45) is 2.46. The summed E-state index contributed by atoms with van der Waals surface area (Å²) in [6, 6.07) is 11.1. The quantitative estimate of drug-likeness (QED) is 0.484. The van der Waals surface area contributed by atoms with Crippen molar-refractivity contribution >= 4 is 21.6 Å². The Hall–Kier alpha value is -2.66. The lowest BCUT2D eigenvalue weighted by molar-refractivity contribution is -0.138. The third-order valence-electron chi connectivity index (χ3n) is 7.43. The molecule has 0 spiro atoms. The van der Waals surface area contributed by atoms with E-state index in [1.165, 1.54) is 5.56 Å². The first-order chi connectivity index (χ1) is 18.2. The Kier molecular flexibility index (Phi) is 9.30. The van der Waals surface area contributed by atoms with Crippen molar-refractivity contribution in [3.05, 3.63) is 53.1 Å². The average Bonchev–Trinajstić information content (AvgIpc) is 2.88.